The number of aromatic nitrogens is 1. The van der Waals surface area contributed by atoms with Gasteiger partial charge in [0.05, 0.1) is 4.90 Å². The minimum Gasteiger partial charge on any atom is -0.312 e. The lowest BCUT2D eigenvalue weighted by atomic mass is 9.84. The molecule has 2 aliphatic rings. The van der Waals surface area contributed by atoms with Gasteiger partial charge in [-0.05, 0) is 66.9 Å². The summed E-state index contributed by atoms with van der Waals surface area (Å²) in [6, 6.07) is 17.6. The molecule has 2 aliphatic heterocycles. The Morgan fingerprint density at radius 1 is 0.882 bits per heavy atom. The second-order valence-corrected chi connectivity index (χ2v) is 11.0. The van der Waals surface area contributed by atoms with Gasteiger partial charge in [-0.2, -0.15) is 4.31 Å². The van der Waals surface area contributed by atoms with Gasteiger partial charge in [0.15, 0.2) is 0 Å². The summed E-state index contributed by atoms with van der Waals surface area (Å²) in [5.41, 5.74) is 1.91. The van der Waals surface area contributed by atoms with Crippen LogP contribution in [0.25, 0.3) is 0 Å². The summed E-state index contributed by atoms with van der Waals surface area (Å²) in [6.07, 6.45) is 0.876. The first-order valence-corrected chi connectivity index (χ1v) is 12.7. The quantitative estimate of drug-likeness (QED) is 0.568. The van der Waals surface area contributed by atoms with Crippen LogP contribution in [0.5, 0.6) is 0 Å². The van der Waals surface area contributed by atoms with E-state index in [0.717, 1.165) is 12.1 Å². The summed E-state index contributed by atoms with van der Waals surface area (Å²) >= 11 is 5.85. The van der Waals surface area contributed by atoms with E-state index in [-0.39, 0.29) is 22.3 Å². The number of carbonyl (C=O) groups excluding carboxylic acids is 1. The first-order chi connectivity index (χ1) is 16.3. The molecule has 2 N–H and O–H groups in total. The highest BCUT2D eigenvalue weighted by Gasteiger charge is 2.39. The molecule has 3 aromatic rings. The molecule has 2 bridgehead atoms. The fraction of sp³-hybridized carbons (Fsp3) is 0.250. The van der Waals surface area contributed by atoms with Gasteiger partial charge in [-0.15, -0.1) is 0 Å². The van der Waals surface area contributed by atoms with Crippen molar-refractivity contribution in [2.45, 2.75) is 23.8 Å². The van der Waals surface area contributed by atoms with Gasteiger partial charge >= 0.3 is 6.03 Å². The van der Waals surface area contributed by atoms with Crippen LogP contribution in [0.4, 0.5) is 16.2 Å². The lowest BCUT2D eigenvalue weighted by Crippen LogP contribution is -2.48. The molecule has 0 spiro atoms. The maximum atomic E-state index is 13.3. The Bertz CT molecular complexity index is 1390. The molecule has 2 unspecified atom stereocenters. The molecule has 3 heterocycles. The van der Waals surface area contributed by atoms with Gasteiger partial charge in [0.25, 0.3) is 5.56 Å². The normalized spacial score (nSPS) is 19.8. The molecule has 2 amide bonds. The third kappa shape index (κ3) is 4.46. The number of hydrogen-bond acceptors (Lipinski definition) is 4. The molecular formula is C24H23ClN4O4S. The average Bonchev–Trinajstić information content (AvgIpc) is 2.81. The summed E-state index contributed by atoms with van der Waals surface area (Å²) in [7, 11) is -3.71. The summed E-state index contributed by atoms with van der Waals surface area (Å²) < 4.78 is 30.0. The zero-order valence-electron chi connectivity index (χ0n) is 18.1. The Hall–Kier alpha value is -3.14. The third-order valence-corrected chi connectivity index (χ3v) is 8.40. The number of sulfonamides is 1. The Balaban J connectivity index is 1.28. The van der Waals surface area contributed by atoms with Crippen LogP contribution < -0.4 is 16.2 Å². The number of rotatable bonds is 4. The van der Waals surface area contributed by atoms with Crippen molar-refractivity contribution in [3.05, 3.63) is 87.8 Å². The number of amides is 2. The first-order valence-electron chi connectivity index (χ1n) is 10.9. The number of hydrogen-bond donors (Lipinski definition) is 2. The van der Waals surface area contributed by atoms with Crippen molar-refractivity contribution in [3.63, 3.8) is 0 Å². The Morgan fingerprint density at radius 2 is 1.53 bits per heavy atom. The fourth-order valence-electron chi connectivity index (χ4n) is 4.73. The maximum absolute atomic E-state index is 13.3. The molecule has 34 heavy (non-hydrogen) atoms. The van der Waals surface area contributed by atoms with E-state index < -0.39 is 16.1 Å². The minimum absolute atomic E-state index is 0.00585. The van der Waals surface area contributed by atoms with Gasteiger partial charge in [0.2, 0.25) is 10.0 Å². The average molecular weight is 499 g/mol. The van der Waals surface area contributed by atoms with Crippen LogP contribution in [0.1, 0.15) is 18.0 Å². The molecule has 176 valence electrons. The number of pyridine rings is 1. The van der Waals surface area contributed by atoms with E-state index in [2.05, 4.69) is 10.6 Å². The second kappa shape index (κ2) is 8.90. The van der Waals surface area contributed by atoms with Crippen LogP contribution in [0.2, 0.25) is 5.02 Å². The molecule has 5 rings (SSSR count). The van der Waals surface area contributed by atoms with Gasteiger partial charge in [0, 0.05) is 53.7 Å². The highest BCUT2D eigenvalue weighted by atomic mass is 35.5. The molecule has 1 saturated heterocycles. The van der Waals surface area contributed by atoms with Crippen LogP contribution in [-0.4, -0.2) is 36.4 Å². The number of carbonyl (C=O) groups is 1. The smallest absolute Gasteiger partial charge is 0.312 e. The Labute approximate surface area is 202 Å². The molecular weight excluding hydrogens is 476 g/mol. The van der Waals surface area contributed by atoms with Crippen molar-refractivity contribution in [1.82, 2.24) is 8.87 Å². The van der Waals surface area contributed by atoms with E-state index >= 15 is 0 Å². The molecule has 1 aromatic heterocycles. The SMILES string of the molecule is O=C(Nc1ccc(Cl)cc1)Nc1ccc(S(=O)(=O)N2CC3CC(C2)c2cccc(=O)n2C3)cc1. The number of urea groups is 1. The van der Waals surface area contributed by atoms with Crippen molar-refractivity contribution < 1.29 is 13.2 Å². The monoisotopic (exact) mass is 498 g/mol. The van der Waals surface area contributed by atoms with Gasteiger partial charge in [-0.1, -0.05) is 17.7 Å². The molecule has 0 saturated carbocycles. The molecule has 0 radical (unpaired) electrons. The molecule has 2 aromatic carbocycles. The first kappa shape index (κ1) is 22.6. The van der Waals surface area contributed by atoms with E-state index in [1.165, 1.54) is 16.4 Å². The van der Waals surface area contributed by atoms with E-state index in [1.807, 2.05) is 6.07 Å². The van der Waals surface area contributed by atoms with Gasteiger partial charge in [-0.3, -0.25) is 4.79 Å². The maximum Gasteiger partial charge on any atom is 0.323 e. The number of anilines is 2. The Morgan fingerprint density at radius 3 is 2.21 bits per heavy atom. The number of nitrogens with one attached hydrogen (secondary N) is 2. The fourth-order valence-corrected chi connectivity index (χ4v) is 6.42. The highest BCUT2D eigenvalue weighted by Crippen LogP contribution is 2.37. The topological polar surface area (TPSA) is 101 Å². The molecule has 10 heteroatoms. The number of benzene rings is 2. The predicted octanol–water partition coefficient (Wildman–Crippen LogP) is 3.95. The number of nitrogens with zero attached hydrogens (tertiary/aromatic N) is 2. The number of piperidine rings is 1. The van der Waals surface area contributed by atoms with Crippen molar-refractivity contribution in [3.8, 4) is 0 Å². The number of halogens is 1. The van der Waals surface area contributed by atoms with E-state index in [0.29, 0.717) is 36.0 Å². The highest BCUT2D eigenvalue weighted by molar-refractivity contribution is 7.89. The van der Waals surface area contributed by atoms with Crippen LogP contribution in [0, 0.1) is 5.92 Å². The zero-order chi connectivity index (χ0) is 23.9. The number of fused-ring (bicyclic) bond motifs is 4. The van der Waals surface area contributed by atoms with Crippen LogP contribution >= 0.6 is 11.6 Å². The van der Waals surface area contributed by atoms with Gasteiger partial charge < -0.3 is 15.2 Å². The van der Waals surface area contributed by atoms with E-state index in [9.17, 15) is 18.0 Å². The predicted molar refractivity (Wildman–Crippen MR) is 131 cm³/mol. The van der Waals surface area contributed by atoms with Crippen LogP contribution in [-0.2, 0) is 16.6 Å². The third-order valence-electron chi connectivity index (χ3n) is 6.30. The Kier molecular flexibility index (Phi) is 5.93. The lowest BCUT2D eigenvalue weighted by Gasteiger charge is -2.42. The van der Waals surface area contributed by atoms with Crippen LogP contribution in [0.15, 0.2) is 76.4 Å². The summed E-state index contributed by atoms with van der Waals surface area (Å²) in [6.45, 7) is 1.25. The summed E-state index contributed by atoms with van der Waals surface area (Å²) in [4.78, 5) is 24.6. The van der Waals surface area contributed by atoms with Crippen molar-refractivity contribution >= 4 is 39.0 Å². The largest absolute Gasteiger partial charge is 0.323 e. The molecule has 8 nitrogen and oxygen atoms in total. The second-order valence-electron chi connectivity index (χ2n) is 8.63. The standard InChI is InChI=1S/C24H23ClN4O4S/c25-18-4-6-19(7-5-18)26-24(31)27-20-8-10-21(11-9-20)34(32,33)28-13-16-12-17(15-28)22-2-1-3-23(30)29(22)14-16/h1-11,16-17H,12-15H2,(H2,26,27,31). The van der Waals surface area contributed by atoms with Gasteiger partial charge in [0.1, 0.15) is 0 Å². The van der Waals surface area contributed by atoms with Crippen LogP contribution in [0.3, 0.4) is 0 Å². The molecule has 2 atom stereocenters. The van der Waals surface area contributed by atoms with E-state index in [4.69, 9.17) is 11.6 Å². The van der Waals surface area contributed by atoms with Crippen molar-refractivity contribution in [2.24, 2.45) is 5.92 Å². The molecule has 0 aliphatic carbocycles. The van der Waals surface area contributed by atoms with Crippen molar-refractivity contribution in [1.29, 1.82) is 0 Å². The van der Waals surface area contributed by atoms with Crippen molar-refractivity contribution in [2.75, 3.05) is 23.7 Å². The minimum atomic E-state index is -3.71. The van der Waals surface area contributed by atoms with Gasteiger partial charge in [-0.25, -0.2) is 13.2 Å². The summed E-state index contributed by atoms with van der Waals surface area (Å²) in [5, 5.41) is 5.95. The molecule has 1 fully saturated rings. The van der Waals surface area contributed by atoms with E-state index in [1.54, 1.807) is 53.1 Å². The summed E-state index contributed by atoms with van der Waals surface area (Å²) in [5.74, 6) is 0.0901. The zero-order valence-corrected chi connectivity index (χ0v) is 19.7. The lowest BCUT2D eigenvalue weighted by molar-refractivity contribution is 0.186.